The summed E-state index contributed by atoms with van der Waals surface area (Å²) in [6, 6.07) is -2.54. The van der Waals surface area contributed by atoms with E-state index < -0.39 is 163 Å². The van der Waals surface area contributed by atoms with Crippen molar-refractivity contribution >= 4 is 101 Å². The molecule has 0 spiro atoms. The van der Waals surface area contributed by atoms with Crippen LogP contribution in [0.2, 0.25) is 0 Å². The van der Waals surface area contributed by atoms with Crippen LogP contribution in [-0.4, -0.2) is 190 Å². The lowest BCUT2D eigenvalue weighted by Crippen LogP contribution is -2.62. The van der Waals surface area contributed by atoms with Gasteiger partial charge < -0.3 is 92.8 Å². The van der Waals surface area contributed by atoms with Gasteiger partial charge in [-0.05, 0) is 144 Å². The van der Waals surface area contributed by atoms with E-state index in [0.717, 1.165) is 42.0 Å². The monoisotopic (exact) mass is 1380 g/mol. The molecule has 6 rings (SSSR count). The van der Waals surface area contributed by atoms with Crippen LogP contribution in [0, 0.1) is 17.8 Å². The van der Waals surface area contributed by atoms with Crippen LogP contribution >= 0.6 is 23.5 Å². The number of carboxylic acids is 2. The van der Waals surface area contributed by atoms with Gasteiger partial charge >= 0.3 is 0 Å². The van der Waals surface area contributed by atoms with Crippen LogP contribution in [0.15, 0.2) is 47.6 Å². The third-order valence-electron chi connectivity index (χ3n) is 17.1. The molecule has 2 fully saturated rings. The van der Waals surface area contributed by atoms with Crippen LogP contribution in [0.4, 0.5) is 0 Å². The number of fused-ring (bicyclic) bond motifs is 7. The second-order valence-corrected chi connectivity index (χ2v) is 27.4. The van der Waals surface area contributed by atoms with Crippen LogP contribution in [0.5, 0.6) is 11.5 Å². The molecule has 3 heterocycles. The highest BCUT2D eigenvalue weighted by molar-refractivity contribution is 7.98. The number of phenolic OH excluding ortho intramolecular Hbond substituents is 1. The number of nitrogens with two attached hydrogens (primary N) is 1. The number of carboxylic acid groups (broad SMARTS) is 2. The predicted octanol–water partition coefficient (Wildman–Crippen LogP) is -1.61. The number of aliphatic carboxylic acids is 2. The molecule has 2 aromatic carbocycles. The zero-order valence-corrected chi connectivity index (χ0v) is 56.4. The minimum Gasteiger partial charge on any atom is -0.550 e. The van der Waals surface area contributed by atoms with Crippen LogP contribution < -0.4 is 63.2 Å². The van der Waals surface area contributed by atoms with Gasteiger partial charge in [0.2, 0.25) is 47.3 Å². The molecule has 1 saturated carbocycles. The average molecular weight is 1380 g/mol. The van der Waals surface area contributed by atoms with Gasteiger partial charge in [-0.15, -0.1) is 0 Å². The fourth-order valence-electron chi connectivity index (χ4n) is 12.1. The van der Waals surface area contributed by atoms with Gasteiger partial charge in [0.1, 0.15) is 66.6 Å². The second kappa shape index (κ2) is 38.1. The number of nitrogens with zero attached hydrogens (tertiary/aromatic N) is 2. The number of carbonyl (C=O) groups excluding carboxylic acids is 12. The number of aliphatic hydroxyl groups is 1. The lowest BCUT2D eigenvalue weighted by Gasteiger charge is -2.33. The van der Waals surface area contributed by atoms with Gasteiger partial charge in [-0.1, -0.05) is 43.6 Å². The summed E-state index contributed by atoms with van der Waals surface area (Å²) in [5, 5.41) is 70.5. The number of oxime groups is 1. The fraction of sp³-hybridized carbons (Fsp3) is 0.615. The van der Waals surface area contributed by atoms with E-state index in [0.29, 0.717) is 55.8 Å². The zero-order valence-electron chi connectivity index (χ0n) is 54.8. The molecule has 528 valence electrons. The van der Waals surface area contributed by atoms with Gasteiger partial charge in [0, 0.05) is 66.3 Å². The molecule has 96 heavy (non-hydrogen) atoms. The smallest absolute Gasteiger partial charge is 0.266 e. The largest absolute Gasteiger partial charge is 0.550 e. The number of ketones is 1. The van der Waals surface area contributed by atoms with E-state index in [1.54, 1.807) is 6.92 Å². The summed E-state index contributed by atoms with van der Waals surface area (Å²) in [6.07, 6.45) is 1.26. The molecule has 31 heteroatoms. The number of phenols is 1. The topological polar surface area (TPSA) is 448 Å². The molecule has 12 N–H and O–H groups in total. The maximum Gasteiger partial charge on any atom is 0.266 e. The summed E-state index contributed by atoms with van der Waals surface area (Å²) in [5.41, 5.74) is 7.74. The first-order chi connectivity index (χ1) is 45.7. The molecular formula is C65H91N11O18S2-2. The highest BCUT2D eigenvalue weighted by Gasteiger charge is 2.44. The number of aromatic hydroxyl groups is 1. The maximum absolute atomic E-state index is 15.1. The van der Waals surface area contributed by atoms with Crippen molar-refractivity contribution in [2.75, 3.05) is 31.3 Å². The number of thioether (sulfide) groups is 2. The maximum atomic E-state index is 15.1. The quantitative estimate of drug-likeness (QED) is 0.121. The molecule has 29 nitrogen and oxygen atoms in total. The number of hydrogen-bond acceptors (Lipinski definition) is 22. The number of ether oxygens (including phenoxy) is 1. The molecule has 13 atom stereocenters. The number of rotatable bonds is 11. The molecule has 4 aliphatic rings. The van der Waals surface area contributed by atoms with Crippen molar-refractivity contribution in [1.82, 2.24) is 47.4 Å². The molecule has 4 bridgehead atoms. The molecule has 9 amide bonds. The number of primary amides is 1. The van der Waals surface area contributed by atoms with Crippen LogP contribution in [-0.2, 0) is 80.3 Å². The zero-order chi connectivity index (χ0) is 70.2. The molecule has 0 aromatic heterocycles. The molecule has 1 saturated heterocycles. The van der Waals surface area contributed by atoms with E-state index in [9.17, 15) is 73.2 Å². The van der Waals surface area contributed by atoms with E-state index in [4.69, 9.17) is 15.3 Å². The van der Waals surface area contributed by atoms with Gasteiger partial charge in [-0.25, -0.2) is 0 Å². The summed E-state index contributed by atoms with van der Waals surface area (Å²) < 4.78 is 6.28. The molecule has 1 aliphatic carbocycles. The minimum absolute atomic E-state index is 0.000497. The van der Waals surface area contributed by atoms with Crippen LogP contribution in [0.25, 0.3) is 0 Å². The van der Waals surface area contributed by atoms with E-state index in [2.05, 4.69) is 47.7 Å². The Hall–Kier alpha value is -8.03. The average Bonchev–Trinajstić information content (AvgIpc) is 1.61. The summed E-state index contributed by atoms with van der Waals surface area (Å²) in [7, 11) is 0. The number of amides is 9. The number of hydrogen-bond donors (Lipinski definition) is 11. The summed E-state index contributed by atoms with van der Waals surface area (Å²) in [6.45, 7) is 8.54. The Bertz CT molecular complexity index is 3100. The van der Waals surface area contributed by atoms with E-state index in [1.807, 2.05) is 32.0 Å². The number of carbonyl (C=O) groups is 12. The van der Waals surface area contributed by atoms with Gasteiger partial charge in [0.05, 0.1) is 24.8 Å². The molecule has 3 aliphatic heterocycles. The van der Waals surface area contributed by atoms with Crippen molar-refractivity contribution in [3.05, 3.63) is 59.2 Å². The van der Waals surface area contributed by atoms with Crippen molar-refractivity contribution in [3.8, 4) is 11.5 Å². The van der Waals surface area contributed by atoms with E-state index in [-0.39, 0.29) is 73.5 Å². The Labute approximate surface area is 566 Å². The van der Waals surface area contributed by atoms with Crippen LogP contribution in [0.1, 0.15) is 135 Å². The Balaban J connectivity index is 1.40. The van der Waals surface area contributed by atoms with Gasteiger partial charge in [-0.2, -0.15) is 23.5 Å². The second-order valence-electron chi connectivity index (χ2n) is 25.3. The number of Topliss-reactive ketones (excluding diaryl/α,β-unsaturated/α-hetero) is 1. The summed E-state index contributed by atoms with van der Waals surface area (Å²) in [4.78, 5) is 172. The lowest BCUT2D eigenvalue weighted by atomic mass is 9.83. The number of aliphatic hydroxyl groups excluding tert-OH is 1. The molecule has 0 radical (unpaired) electrons. The Kier molecular flexibility index (Phi) is 30.5. The molecule has 2 aromatic rings. The fourth-order valence-corrected chi connectivity index (χ4v) is 14.1. The first-order valence-corrected chi connectivity index (χ1v) is 34.9. The van der Waals surface area contributed by atoms with E-state index >= 15 is 4.79 Å². The standard InChI is InChI=1S/C65H93N11O18S2/c1-35(2)24-47-61(88)71-49(29-55(82)83)63(90)75-56(38(5)77)65(92)76-21-11-14-52(76)64(91)72-48(28-39-15-17-42(78)18-16-39)62(89)70-46(19-20-54(80)81)60(87)74-51(58(66)85)34-96-32-41-25-40-26-43(27-41)93-22-8-6-7-9-23-94-67-30-53(79)69-37(4)59(86)73-50(33-95-31-40)57(84)45-13-10-12-44(45)36(3)68-47/h15-18,25-27,30,35-38,44-52,56,68,77-78H,6-14,19-24,28-29,31-34H2,1-5H3,(H2,66,85)(H,69,79)(H,70,89)(H,71,88)(H,72,91)(H,73,86)(H,74,87)(H,75,90)(H,80,81)(H,82,83)/p-2/b67-30+/t36?,37-,38+,44-,45?,46-,47-,48-,49-,50-,51-,52-,56-/m0/s1. The number of nitrogens with one attached hydrogen (secondary N) is 8. The van der Waals surface area contributed by atoms with E-state index in [1.165, 1.54) is 54.7 Å². The first kappa shape index (κ1) is 77.0. The highest BCUT2D eigenvalue weighted by Crippen LogP contribution is 2.37. The highest BCUT2D eigenvalue weighted by atomic mass is 32.2. The Morgan fingerprint density at radius 2 is 1.33 bits per heavy atom. The summed E-state index contributed by atoms with van der Waals surface area (Å²) in [5.74, 6) is -12.4. The molecule has 2 unspecified atom stereocenters. The Morgan fingerprint density at radius 3 is 1.99 bits per heavy atom. The first-order valence-electron chi connectivity index (χ1n) is 32.6. The van der Waals surface area contributed by atoms with Crippen molar-refractivity contribution in [3.63, 3.8) is 0 Å². The van der Waals surface area contributed by atoms with Crippen molar-refractivity contribution in [1.29, 1.82) is 0 Å². The van der Waals surface area contributed by atoms with Crippen LogP contribution in [0.3, 0.4) is 0 Å². The Morgan fingerprint density at radius 1 is 0.698 bits per heavy atom. The summed E-state index contributed by atoms with van der Waals surface area (Å²) >= 11 is 2.55. The van der Waals surface area contributed by atoms with Crippen molar-refractivity contribution < 1.29 is 87.5 Å². The predicted molar refractivity (Wildman–Crippen MR) is 349 cm³/mol. The minimum atomic E-state index is -1.89. The normalized spacial score (nSPS) is 28.2. The number of benzene rings is 2. The van der Waals surface area contributed by atoms with Gasteiger partial charge in [-0.3, -0.25) is 47.9 Å². The van der Waals surface area contributed by atoms with Gasteiger partial charge in [0.15, 0.2) is 5.78 Å². The third-order valence-corrected chi connectivity index (χ3v) is 19.3. The lowest BCUT2D eigenvalue weighted by molar-refractivity contribution is -0.307. The molecular weight excluding hydrogens is 1290 g/mol. The van der Waals surface area contributed by atoms with Gasteiger partial charge in [0.25, 0.3) is 5.91 Å². The SMILES string of the molecule is CC(C)C[C@@H]1NC(C)[C@@H]2CCCC2C(=O)[C@@H]2CSCc3cc(cc(c3)OCCCCCCO/N=C/C(=O)N[C@@H](C)C(=O)N2)CSC[C@@H](C(N)=O)NC(=O)[C@H](CCC(=O)[O-])NC(=O)[C@H](Cc2ccc(O)cc2)NC(=O)[C@@H]2CCCN2C(=O)[C@H]([C@@H](C)O)NC(=O)[C@H](CC(=O)[O-])NC1=O. The third kappa shape index (κ3) is 24.3. The van der Waals surface area contributed by atoms with Crippen molar-refractivity contribution in [2.45, 2.75) is 203 Å². The van der Waals surface area contributed by atoms with Crippen molar-refractivity contribution in [2.24, 2.45) is 28.6 Å².